The van der Waals surface area contributed by atoms with Gasteiger partial charge in [0.05, 0.1) is 21.9 Å². The van der Waals surface area contributed by atoms with Crippen LogP contribution in [0.25, 0.3) is 0 Å². The van der Waals surface area contributed by atoms with E-state index in [0.29, 0.717) is 35.9 Å². The number of benzene rings is 1. The molecule has 3 atom stereocenters. The van der Waals surface area contributed by atoms with Crippen molar-refractivity contribution in [3.63, 3.8) is 0 Å². The van der Waals surface area contributed by atoms with Gasteiger partial charge in [0, 0.05) is 26.1 Å². The molecule has 184 valence electrons. The van der Waals surface area contributed by atoms with Crippen LogP contribution in [0.15, 0.2) is 30.4 Å². The van der Waals surface area contributed by atoms with Crippen LogP contribution in [-0.2, 0) is 25.7 Å². The fraction of sp³-hybridized carbons (Fsp3) is 0.520. The van der Waals surface area contributed by atoms with Gasteiger partial charge in [-0.3, -0.25) is 24.1 Å². The number of carbonyl (C=O) groups excluding carboxylic acids is 4. The number of amides is 4. The smallest absolute Gasteiger partial charge is 0.242 e. The number of hydrogen-bond donors (Lipinski definition) is 1. The number of hydrogen-bond acceptors (Lipinski definition) is 4. The van der Waals surface area contributed by atoms with Crippen LogP contribution in [0.5, 0.6) is 0 Å². The molecular weight excluding hydrogens is 477 g/mol. The zero-order valence-electron chi connectivity index (χ0n) is 19.6. The molecule has 2 aliphatic rings. The van der Waals surface area contributed by atoms with Gasteiger partial charge < -0.3 is 10.2 Å². The molecule has 1 aliphatic heterocycles. The molecule has 1 aromatic carbocycles. The van der Waals surface area contributed by atoms with Crippen LogP contribution >= 0.6 is 23.2 Å². The first kappa shape index (κ1) is 26.2. The minimum absolute atomic E-state index is 0.00832. The highest BCUT2D eigenvalue weighted by molar-refractivity contribution is 6.42. The summed E-state index contributed by atoms with van der Waals surface area (Å²) in [6.07, 6.45) is 6.11. The van der Waals surface area contributed by atoms with Gasteiger partial charge in [-0.1, -0.05) is 55.3 Å². The van der Waals surface area contributed by atoms with Crippen LogP contribution in [-0.4, -0.2) is 52.6 Å². The first-order valence-electron chi connectivity index (χ1n) is 11.8. The molecule has 0 unspecified atom stereocenters. The first-order chi connectivity index (χ1) is 16.3. The van der Waals surface area contributed by atoms with Crippen LogP contribution in [0.3, 0.4) is 0 Å². The van der Waals surface area contributed by atoms with Gasteiger partial charge in [0.25, 0.3) is 0 Å². The third-order valence-electron chi connectivity index (χ3n) is 6.42. The second-order valence-corrected chi connectivity index (χ2v) is 9.53. The van der Waals surface area contributed by atoms with E-state index in [-0.39, 0.29) is 55.0 Å². The van der Waals surface area contributed by atoms with Gasteiger partial charge in [-0.25, -0.2) is 0 Å². The number of rotatable bonds is 10. The van der Waals surface area contributed by atoms with Crippen molar-refractivity contribution in [1.29, 1.82) is 0 Å². The molecule has 0 bridgehead atoms. The number of imide groups is 1. The zero-order valence-corrected chi connectivity index (χ0v) is 21.1. The topological polar surface area (TPSA) is 86.8 Å². The molecule has 34 heavy (non-hydrogen) atoms. The lowest BCUT2D eigenvalue weighted by molar-refractivity contribution is -0.144. The van der Waals surface area contributed by atoms with E-state index < -0.39 is 6.04 Å². The molecule has 1 heterocycles. The summed E-state index contributed by atoms with van der Waals surface area (Å²) in [5.41, 5.74) is 0.731. The molecule has 1 saturated heterocycles. The Balaban J connectivity index is 1.76. The largest absolute Gasteiger partial charge is 0.354 e. The van der Waals surface area contributed by atoms with Crippen molar-refractivity contribution in [2.24, 2.45) is 11.8 Å². The Labute approximate surface area is 210 Å². The Kier molecular flexibility index (Phi) is 9.14. The summed E-state index contributed by atoms with van der Waals surface area (Å²) in [4.78, 5) is 54.5. The van der Waals surface area contributed by atoms with E-state index in [4.69, 9.17) is 23.2 Å². The summed E-state index contributed by atoms with van der Waals surface area (Å²) in [5.74, 6) is -1.63. The number of nitrogens with one attached hydrogen (secondary N) is 1. The van der Waals surface area contributed by atoms with Crippen LogP contribution in [0.2, 0.25) is 10.0 Å². The van der Waals surface area contributed by atoms with Gasteiger partial charge in [-0.15, -0.1) is 0 Å². The first-order valence-corrected chi connectivity index (χ1v) is 12.5. The second-order valence-electron chi connectivity index (χ2n) is 8.72. The Morgan fingerprint density at radius 3 is 2.29 bits per heavy atom. The number of halogens is 2. The quantitative estimate of drug-likeness (QED) is 0.383. The molecule has 1 aromatic rings. The molecule has 0 saturated carbocycles. The zero-order chi connectivity index (χ0) is 24.8. The highest BCUT2D eigenvalue weighted by atomic mass is 35.5. The summed E-state index contributed by atoms with van der Waals surface area (Å²) in [5, 5.41) is 3.63. The van der Waals surface area contributed by atoms with E-state index in [0.717, 1.165) is 12.0 Å². The third kappa shape index (κ3) is 5.81. The standard InChI is InChI=1S/C25H31Cl2N3O4/c1-3-12-28-23(32)21(4-2)30(15-16-9-10-19(26)20(27)14-16)22(31)11-13-29-24(33)17-7-5-6-8-18(17)25(29)34/h5-6,9-10,14,17-18,21H,3-4,7-8,11-13,15H2,1-2H3,(H,28,32)/t17-,18+,21-/m0/s1. The molecule has 4 amide bonds. The summed E-state index contributed by atoms with van der Waals surface area (Å²) in [6.45, 7) is 4.48. The van der Waals surface area contributed by atoms with Crippen molar-refractivity contribution >= 4 is 46.8 Å². The number of likely N-dealkylation sites (tertiary alicyclic amines) is 1. The average Bonchev–Trinajstić information content (AvgIpc) is 3.07. The van der Waals surface area contributed by atoms with E-state index >= 15 is 0 Å². The molecule has 1 fully saturated rings. The van der Waals surface area contributed by atoms with E-state index in [2.05, 4.69) is 5.32 Å². The Hall–Kier alpha value is -2.38. The number of allylic oxidation sites excluding steroid dienone is 2. The molecule has 0 aromatic heterocycles. The molecule has 1 aliphatic carbocycles. The van der Waals surface area contributed by atoms with Crippen LogP contribution in [0.4, 0.5) is 0 Å². The Bertz CT molecular complexity index is 955. The predicted octanol–water partition coefficient (Wildman–Crippen LogP) is 3.97. The molecule has 7 nitrogen and oxygen atoms in total. The minimum Gasteiger partial charge on any atom is -0.354 e. The lowest BCUT2D eigenvalue weighted by atomic mass is 9.85. The Morgan fingerprint density at radius 1 is 1.09 bits per heavy atom. The van der Waals surface area contributed by atoms with Crippen molar-refractivity contribution in [3.8, 4) is 0 Å². The van der Waals surface area contributed by atoms with Gasteiger partial charge in [-0.2, -0.15) is 0 Å². The fourth-order valence-electron chi connectivity index (χ4n) is 4.56. The average molecular weight is 508 g/mol. The lowest BCUT2D eigenvalue weighted by Crippen LogP contribution is -2.49. The SMILES string of the molecule is CCCNC(=O)[C@H](CC)N(Cc1ccc(Cl)c(Cl)c1)C(=O)CCN1C(=O)[C@H]2CC=CC[C@H]2C1=O. The van der Waals surface area contributed by atoms with E-state index in [1.165, 1.54) is 9.80 Å². The molecule has 0 radical (unpaired) electrons. The van der Waals surface area contributed by atoms with E-state index in [9.17, 15) is 19.2 Å². The second kappa shape index (κ2) is 11.8. The van der Waals surface area contributed by atoms with Crippen LogP contribution < -0.4 is 5.32 Å². The molecule has 0 spiro atoms. The van der Waals surface area contributed by atoms with Gasteiger partial charge in [0.15, 0.2) is 0 Å². The number of fused-ring (bicyclic) bond motifs is 1. The van der Waals surface area contributed by atoms with Crippen molar-refractivity contribution in [2.75, 3.05) is 13.1 Å². The summed E-state index contributed by atoms with van der Waals surface area (Å²) in [6, 6.07) is 4.39. The molecule has 9 heteroatoms. The summed E-state index contributed by atoms with van der Waals surface area (Å²) < 4.78 is 0. The van der Waals surface area contributed by atoms with E-state index in [1.54, 1.807) is 18.2 Å². The third-order valence-corrected chi connectivity index (χ3v) is 7.16. The lowest BCUT2D eigenvalue weighted by Gasteiger charge is -2.31. The number of carbonyl (C=O) groups is 4. The Morgan fingerprint density at radius 2 is 1.74 bits per heavy atom. The van der Waals surface area contributed by atoms with Crippen molar-refractivity contribution < 1.29 is 19.2 Å². The fourth-order valence-corrected chi connectivity index (χ4v) is 4.88. The monoisotopic (exact) mass is 507 g/mol. The maximum Gasteiger partial charge on any atom is 0.242 e. The van der Waals surface area contributed by atoms with Crippen molar-refractivity contribution in [1.82, 2.24) is 15.1 Å². The highest BCUT2D eigenvalue weighted by Gasteiger charge is 2.47. The van der Waals surface area contributed by atoms with Crippen LogP contribution in [0, 0.1) is 11.8 Å². The predicted molar refractivity (Wildman–Crippen MR) is 131 cm³/mol. The normalized spacial score (nSPS) is 20.3. The highest BCUT2D eigenvalue weighted by Crippen LogP contribution is 2.35. The number of nitrogens with zero attached hydrogens (tertiary/aromatic N) is 2. The molecular formula is C25H31Cl2N3O4. The molecule has 3 rings (SSSR count). The van der Waals surface area contributed by atoms with Crippen molar-refractivity contribution in [2.45, 2.75) is 58.5 Å². The van der Waals surface area contributed by atoms with Crippen LogP contribution in [0.1, 0.15) is 51.5 Å². The van der Waals surface area contributed by atoms with Gasteiger partial charge in [-0.05, 0) is 43.4 Å². The summed E-state index contributed by atoms with van der Waals surface area (Å²) in [7, 11) is 0. The summed E-state index contributed by atoms with van der Waals surface area (Å²) >= 11 is 12.2. The van der Waals surface area contributed by atoms with Crippen molar-refractivity contribution in [3.05, 3.63) is 46.0 Å². The van der Waals surface area contributed by atoms with Gasteiger partial charge >= 0.3 is 0 Å². The van der Waals surface area contributed by atoms with E-state index in [1.807, 2.05) is 26.0 Å². The van der Waals surface area contributed by atoms with Gasteiger partial charge in [0.2, 0.25) is 23.6 Å². The van der Waals surface area contributed by atoms with Gasteiger partial charge in [0.1, 0.15) is 6.04 Å². The maximum absolute atomic E-state index is 13.4. The molecule has 1 N–H and O–H groups in total. The minimum atomic E-state index is -0.690. The maximum atomic E-state index is 13.4.